The molecule has 0 radical (unpaired) electrons. The van der Waals surface area contributed by atoms with Crippen molar-refractivity contribution in [3.05, 3.63) is 0 Å². The van der Waals surface area contributed by atoms with Crippen molar-refractivity contribution in [3.63, 3.8) is 0 Å². The van der Waals surface area contributed by atoms with Crippen molar-refractivity contribution in [3.8, 4) is 0 Å². The van der Waals surface area contributed by atoms with E-state index in [9.17, 15) is 9.59 Å². The molecule has 1 aliphatic heterocycles. The van der Waals surface area contributed by atoms with Crippen LogP contribution >= 0.6 is 0 Å². The summed E-state index contributed by atoms with van der Waals surface area (Å²) in [5.74, 6) is 1.79. The van der Waals surface area contributed by atoms with Gasteiger partial charge in [0.2, 0.25) is 5.91 Å². The van der Waals surface area contributed by atoms with Crippen LogP contribution in [0.25, 0.3) is 0 Å². The summed E-state index contributed by atoms with van der Waals surface area (Å²) in [5, 5.41) is 5.85. The first-order valence-electron chi connectivity index (χ1n) is 8.33. The minimum Gasteiger partial charge on any atom is -0.338 e. The molecule has 5 nitrogen and oxygen atoms in total. The molecule has 5 heteroatoms. The van der Waals surface area contributed by atoms with Crippen molar-refractivity contribution in [2.75, 3.05) is 6.54 Å². The topological polar surface area (TPSA) is 61.4 Å². The van der Waals surface area contributed by atoms with Gasteiger partial charge in [0.25, 0.3) is 0 Å². The van der Waals surface area contributed by atoms with Crippen LogP contribution in [0.3, 0.4) is 0 Å². The van der Waals surface area contributed by atoms with Crippen molar-refractivity contribution < 1.29 is 9.59 Å². The molecule has 3 aliphatic rings. The van der Waals surface area contributed by atoms with Crippen molar-refractivity contribution in [1.82, 2.24) is 15.5 Å². The molecule has 0 aromatic carbocycles. The van der Waals surface area contributed by atoms with Crippen LogP contribution in [0.4, 0.5) is 4.79 Å². The lowest BCUT2D eigenvalue weighted by Crippen LogP contribution is -2.42. The Kier molecular flexibility index (Phi) is 3.84. The highest BCUT2D eigenvalue weighted by molar-refractivity contribution is 5.80. The van der Waals surface area contributed by atoms with Crippen LogP contribution in [-0.2, 0) is 4.79 Å². The van der Waals surface area contributed by atoms with Crippen LogP contribution in [0.15, 0.2) is 0 Å². The number of hydrogen-bond donors (Lipinski definition) is 2. The van der Waals surface area contributed by atoms with E-state index in [4.69, 9.17) is 0 Å². The predicted octanol–water partition coefficient (Wildman–Crippen LogP) is 1.73. The molecule has 1 heterocycles. The fraction of sp³-hybridized carbons (Fsp3) is 0.875. The lowest BCUT2D eigenvalue weighted by atomic mass is 9.88. The van der Waals surface area contributed by atoms with E-state index in [0.29, 0.717) is 48.7 Å². The van der Waals surface area contributed by atoms with Crippen LogP contribution in [0, 0.1) is 17.8 Å². The van der Waals surface area contributed by atoms with E-state index in [2.05, 4.69) is 22.5 Å². The molecule has 2 N–H and O–H groups in total. The molecule has 2 aliphatic carbocycles. The van der Waals surface area contributed by atoms with Gasteiger partial charge in [-0.2, -0.15) is 0 Å². The quantitative estimate of drug-likeness (QED) is 0.829. The van der Waals surface area contributed by atoms with Crippen LogP contribution < -0.4 is 10.6 Å². The maximum absolute atomic E-state index is 12.2. The van der Waals surface area contributed by atoms with Crippen molar-refractivity contribution in [2.45, 2.75) is 64.6 Å². The third kappa shape index (κ3) is 2.87. The lowest BCUT2D eigenvalue weighted by Gasteiger charge is -2.24. The highest BCUT2D eigenvalue weighted by atomic mass is 16.2. The van der Waals surface area contributed by atoms with E-state index in [1.54, 1.807) is 0 Å². The van der Waals surface area contributed by atoms with Gasteiger partial charge in [0.15, 0.2) is 0 Å². The van der Waals surface area contributed by atoms with E-state index in [1.807, 2.05) is 13.8 Å². The number of carbonyl (C=O) groups excluding carboxylic acids is 2. The van der Waals surface area contributed by atoms with Gasteiger partial charge in [0, 0.05) is 31.1 Å². The second-order valence-electron chi connectivity index (χ2n) is 7.35. The highest BCUT2D eigenvalue weighted by Gasteiger charge is 2.53. The molecular weight excluding hydrogens is 266 g/mol. The van der Waals surface area contributed by atoms with Gasteiger partial charge in [0.1, 0.15) is 0 Å². The van der Waals surface area contributed by atoms with Gasteiger partial charge in [-0.25, -0.2) is 4.79 Å². The second-order valence-corrected chi connectivity index (χ2v) is 7.35. The summed E-state index contributed by atoms with van der Waals surface area (Å²) in [5.41, 5.74) is 0. The van der Waals surface area contributed by atoms with Crippen molar-refractivity contribution >= 4 is 11.9 Å². The number of nitrogens with zero attached hydrogens (tertiary/aromatic N) is 1. The fourth-order valence-electron chi connectivity index (χ4n) is 4.24. The third-order valence-corrected chi connectivity index (χ3v) is 5.30. The fourth-order valence-corrected chi connectivity index (χ4v) is 4.24. The summed E-state index contributed by atoms with van der Waals surface area (Å²) in [6.45, 7) is 6.86. The van der Waals surface area contributed by atoms with Crippen LogP contribution in [0.2, 0.25) is 0 Å². The minimum atomic E-state index is -0.0935. The van der Waals surface area contributed by atoms with E-state index in [1.165, 1.54) is 12.8 Å². The van der Waals surface area contributed by atoms with E-state index >= 15 is 0 Å². The summed E-state index contributed by atoms with van der Waals surface area (Å²) in [6, 6.07) is 1.01. The van der Waals surface area contributed by atoms with Gasteiger partial charge in [-0.3, -0.25) is 4.79 Å². The number of likely N-dealkylation sites (tertiary alicyclic amines) is 1. The number of hydrogen-bond acceptors (Lipinski definition) is 2. The van der Waals surface area contributed by atoms with E-state index < -0.39 is 0 Å². The smallest absolute Gasteiger partial charge is 0.314 e. The van der Waals surface area contributed by atoms with Gasteiger partial charge in [-0.1, -0.05) is 6.92 Å². The summed E-state index contributed by atoms with van der Waals surface area (Å²) in [4.78, 5) is 26.2. The molecular formula is C16H27N3O2. The zero-order valence-electron chi connectivity index (χ0n) is 13.3. The SMILES string of the molecule is CC(C)NC(=O)NC[C@H]1[C@@H]2CC(=O)N(C3CC3)[C@@H]2C[C@@H]1C. The Hall–Kier alpha value is -1.26. The Morgan fingerprint density at radius 2 is 2.10 bits per heavy atom. The average molecular weight is 293 g/mol. The first-order valence-corrected chi connectivity index (χ1v) is 8.33. The number of amides is 3. The molecule has 3 fully saturated rings. The molecule has 0 aromatic heterocycles. The first-order chi connectivity index (χ1) is 9.97. The highest BCUT2D eigenvalue weighted by Crippen LogP contribution is 2.49. The van der Waals surface area contributed by atoms with Gasteiger partial charge >= 0.3 is 6.03 Å². The molecule has 0 unspecified atom stereocenters. The molecule has 3 amide bonds. The Morgan fingerprint density at radius 1 is 1.38 bits per heavy atom. The number of rotatable bonds is 4. The molecule has 4 atom stereocenters. The molecule has 2 saturated carbocycles. The summed E-state index contributed by atoms with van der Waals surface area (Å²) >= 11 is 0. The predicted molar refractivity (Wildman–Crippen MR) is 80.7 cm³/mol. The van der Waals surface area contributed by atoms with Gasteiger partial charge < -0.3 is 15.5 Å². The van der Waals surface area contributed by atoms with Crippen molar-refractivity contribution in [2.24, 2.45) is 17.8 Å². The molecule has 21 heavy (non-hydrogen) atoms. The summed E-state index contributed by atoms with van der Waals surface area (Å²) in [6.07, 6.45) is 4.15. The molecule has 118 valence electrons. The largest absolute Gasteiger partial charge is 0.338 e. The van der Waals surface area contributed by atoms with Gasteiger partial charge in [0.05, 0.1) is 0 Å². The third-order valence-electron chi connectivity index (χ3n) is 5.30. The maximum Gasteiger partial charge on any atom is 0.314 e. The Bertz CT molecular complexity index is 433. The molecule has 0 spiro atoms. The molecule has 3 rings (SSSR count). The zero-order valence-corrected chi connectivity index (χ0v) is 13.3. The van der Waals surface area contributed by atoms with Gasteiger partial charge in [-0.05, 0) is 50.9 Å². The first kappa shape index (κ1) is 14.7. The van der Waals surface area contributed by atoms with Crippen molar-refractivity contribution in [1.29, 1.82) is 0 Å². The van der Waals surface area contributed by atoms with Crippen LogP contribution in [0.5, 0.6) is 0 Å². The number of fused-ring (bicyclic) bond motifs is 1. The maximum atomic E-state index is 12.2. The van der Waals surface area contributed by atoms with E-state index in [0.717, 1.165) is 6.42 Å². The van der Waals surface area contributed by atoms with Crippen LogP contribution in [0.1, 0.15) is 46.5 Å². The summed E-state index contributed by atoms with van der Waals surface area (Å²) < 4.78 is 0. The Balaban J connectivity index is 1.59. The standard InChI is InChI=1S/C16H27N3O2/c1-9(2)18-16(21)17-8-13-10(3)6-14-12(13)7-15(20)19(14)11-4-5-11/h9-14H,4-8H2,1-3H3,(H2,17,18,21)/t10-,12-,13+,14+/m0/s1. The zero-order chi connectivity index (χ0) is 15.1. The normalized spacial score (nSPS) is 35.2. The summed E-state index contributed by atoms with van der Waals surface area (Å²) in [7, 11) is 0. The molecule has 0 bridgehead atoms. The Morgan fingerprint density at radius 3 is 2.71 bits per heavy atom. The second kappa shape index (κ2) is 5.50. The monoisotopic (exact) mass is 293 g/mol. The average Bonchev–Trinajstić information content (AvgIpc) is 3.09. The minimum absolute atomic E-state index is 0.0935. The number of carbonyl (C=O) groups is 2. The number of urea groups is 1. The van der Waals surface area contributed by atoms with Gasteiger partial charge in [-0.15, -0.1) is 0 Å². The Labute approximate surface area is 126 Å². The van der Waals surface area contributed by atoms with E-state index in [-0.39, 0.29) is 12.1 Å². The number of nitrogens with one attached hydrogen (secondary N) is 2. The van der Waals surface area contributed by atoms with Crippen LogP contribution in [-0.4, -0.2) is 41.5 Å². The molecule has 1 saturated heterocycles. The molecule has 0 aromatic rings. The lowest BCUT2D eigenvalue weighted by molar-refractivity contribution is -0.129.